The molecule has 0 spiro atoms. The maximum absolute atomic E-state index is 12.7. The van der Waals surface area contributed by atoms with E-state index in [1.165, 1.54) is 24.3 Å². The molecule has 0 unspecified atom stereocenters. The van der Waals surface area contributed by atoms with Gasteiger partial charge in [0.05, 0.1) is 17.5 Å². The van der Waals surface area contributed by atoms with Crippen molar-refractivity contribution >= 4 is 17.9 Å². The van der Waals surface area contributed by atoms with Crippen molar-refractivity contribution in [3.05, 3.63) is 65.5 Å². The van der Waals surface area contributed by atoms with E-state index in [1.54, 1.807) is 30.5 Å². The van der Waals surface area contributed by atoms with Crippen molar-refractivity contribution in [3.63, 3.8) is 0 Å². The van der Waals surface area contributed by atoms with Crippen LogP contribution in [0.4, 0.5) is 10.1 Å². The zero-order chi connectivity index (χ0) is 13.7. The minimum Gasteiger partial charge on any atom is -0.478 e. The molecule has 0 bridgehead atoms. The second-order valence-electron chi connectivity index (χ2n) is 3.80. The van der Waals surface area contributed by atoms with Crippen molar-refractivity contribution in [2.24, 2.45) is 5.10 Å². The Hall–Kier alpha value is -2.69. The first-order valence-electron chi connectivity index (χ1n) is 5.53. The second kappa shape index (κ2) is 5.77. The van der Waals surface area contributed by atoms with Crippen molar-refractivity contribution in [2.75, 3.05) is 5.43 Å². The molecule has 5 heteroatoms. The Bertz CT molecular complexity index is 592. The van der Waals surface area contributed by atoms with E-state index in [0.717, 1.165) is 5.56 Å². The van der Waals surface area contributed by atoms with Gasteiger partial charge in [0.15, 0.2) is 0 Å². The molecule has 96 valence electrons. The van der Waals surface area contributed by atoms with Crippen LogP contribution in [0.15, 0.2) is 53.6 Å². The van der Waals surface area contributed by atoms with Gasteiger partial charge in [0.2, 0.25) is 0 Å². The fourth-order valence-corrected chi connectivity index (χ4v) is 1.42. The predicted molar refractivity (Wildman–Crippen MR) is 71.0 cm³/mol. The molecule has 2 aromatic rings. The second-order valence-corrected chi connectivity index (χ2v) is 3.80. The zero-order valence-corrected chi connectivity index (χ0v) is 9.88. The number of rotatable bonds is 4. The van der Waals surface area contributed by atoms with Crippen LogP contribution < -0.4 is 5.43 Å². The Balaban J connectivity index is 1.98. The summed E-state index contributed by atoms with van der Waals surface area (Å²) in [6, 6.07) is 12.1. The van der Waals surface area contributed by atoms with E-state index in [0.29, 0.717) is 5.69 Å². The van der Waals surface area contributed by atoms with E-state index in [4.69, 9.17) is 5.11 Å². The topological polar surface area (TPSA) is 61.7 Å². The molecule has 4 nitrogen and oxygen atoms in total. The van der Waals surface area contributed by atoms with E-state index < -0.39 is 5.97 Å². The van der Waals surface area contributed by atoms with Crippen molar-refractivity contribution in [3.8, 4) is 0 Å². The quantitative estimate of drug-likeness (QED) is 0.654. The van der Waals surface area contributed by atoms with E-state index >= 15 is 0 Å². The number of halogens is 1. The fourth-order valence-electron chi connectivity index (χ4n) is 1.42. The van der Waals surface area contributed by atoms with Gasteiger partial charge in [-0.05, 0) is 42.0 Å². The normalized spacial score (nSPS) is 10.6. The molecule has 0 saturated carbocycles. The fraction of sp³-hybridized carbons (Fsp3) is 0. The van der Waals surface area contributed by atoms with Crippen LogP contribution in [0, 0.1) is 5.82 Å². The average Bonchev–Trinajstić information content (AvgIpc) is 2.41. The lowest BCUT2D eigenvalue weighted by Crippen LogP contribution is -1.96. The molecule has 0 amide bonds. The molecule has 0 aliphatic rings. The molecule has 19 heavy (non-hydrogen) atoms. The number of carboxylic acid groups (broad SMARTS) is 1. The Morgan fingerprint density at radius 3 is 2.32 bits per heavy atom. The monoisotopic (exact) mass is 258 g/mol. The summed E-state index contributed by atoms with van der Waals surface area (Å²) in [5, 5.41) is 12.7. The highest BCUT2D eigenvalue weighted by atomic mass is 19.1. The number of nitrogens with one attached hydrogen (secondary N) is 1. The third-order valence-corrected chi connectivity index (χ3v) is 2.41. The molecule has 2 rings (SSSR count). The van der Waals surface area contributed by atoms with Gasteiger partial charge < -0.3 is 5.11 Å². The molecule has 0 aliphatic carbocycles. The minimum absolute atomic E-state index is 0.216. The highest BCUT2D eigenvalue weighted by Gasteiger charge is 2.00. The third-order valence-electron chi connectivity index (χ3n) is 2.41. The molecular formula is C14H11FN2O2. The Kier molecular flexibility index (Phi) is 3.87. The largest absolute Gasteiger partial charge is 0.478 e. The average molecular weight is 258 g/mol. The highest BCUT2D eigenvalue weighted by molar-refractivity contribution is 5.88. The Labute approximate surface area is 109 Å². The molecule has 0 fully saturated rings. The van der Waals surface area contributed by atoms with Gasteiger partial charge in [-0.2, -0.15) is 5.10 Å². The van der Waals surface area contributed by atoms with Crippen LogP contribution in [-0.2, 0) is 0 Å². The summed E-state index contributed by atoms with van der Waals surface area (Å²) in [5.74, 6) is -1.27. The summed E-state index contributed by atoms with van der Waals surface area (Å²) < 4.78 is 12.7. The number of hydrogen-bond donors (Lipinski definition) is 2. The number of hydrazone groups is 1. The lowest BCUT2D eigenvalue weighted by Gasteiger charge is -2.00. The van der Waals surface area contributed by atoms with Crippen molar-refractivity contribution < 1.29 is 14.3 Å². The first kappa shape index (κ1) is 12.8. The molecular weight excluding hydrogens is 247 g/mol. The summed E-state index contributed by atoms with van der Waals surface area (Å²) in [7, 11) is 0. The number of nitrogens with zero attached hydrogens (tertiary/aromatic N) is 1. The summed E-state index contributed by atoms with van der Waals surface area (Å²) in [4.78, 5) is 10.7. The summed E-state index contributed by atoms with van der Waals surface area (Å²) >= 11 is 0. The van der Waals surface area contributed by atoms with Crippen LogP contribution in [0.25, 0.3) is 0 Å². The summed E-state index contributed by atoms with van der Waals surface area (Å²) in [6.07, 6.45) is 1.55. The van der Waals surface area contributed by atoms with Crippen LogP contribution >= 0.6 is 0 Å². The molecule has 2 N–H and O–H groups in total. The molecule has 0 radical (unpaired) electrons. The maximum Gasteiger partial charge on any atom is 0.335 e. The molecule has 2 aromatic carbocycles. The van der Waals surface area contributed by atoms with Crippen molar-refractivity contribution in [2.45, 2.75) is 0 Å². The van der Waals surface area contributed by atoms with Crippen LogP contribution in [-0.4, -0.2) is 17.3 Å². The van der Waals surface area contributed by atoms with Crippen LogP contribution in [0.3, 0.4) is 0 Å². The van der Waals surface area contributed by atoms with Gasteiger partial charge in [0, 0.05) is 0 Å². The third kappa shape index (κ3) is 3.64. The molecule has 0 aromatic heterocycles. The first-order chi connectivity index (χ1) is 9.15. The predicted octanol–water partition coefficient (Wildman–Crippen LogP) is 2.97. The Morgan fingerprint density at radius 1 is 1.11 bits per heavy atom. The van der Waals surface area contributed by atoms with E-state index in [2.05, 4.69) is 10.5 Å². The SMILES string of the molecule is O=C(O)c1ccc(N/N=C/c2ccc(F)cc2)cc1. The smallest absolute Gasteiger partial charge is 0.335 e. The minimum atomic E-state index is -0.971. The van der Waals surface area contributed by atoms with Gasteiger partial charge in [0.1, 0.15) is 5.82 Å². The number of anilines is 1. The number of carbonyl (C=O) groups is 1. The van der Waals surface area contributed by atoms with E-state index in [1.807, 2.05) is 0 Å². The molecule has 0 atom stereocenters. The van der Waals surface area contributed by atoms with Gasteiger partial charge in [-0.3, -0.25) is 5.43 Å². The first-order valence-corrected chi connectivity index (χ1v) is 5.53. The molecule has 0 aliphatic heterocycles. The maximum atomic E-state index is 12.7. The van der Waals surface area contributed by atoms with Crippen molar-refractivity contribution in [1.29, 1.82) is 0 Å². The van der Waals surface area contributed by atoms with Gasteiger partial charge in [-0.15, -0.1) is 0 Å². The lowest BCUT2D eigenvalue weighted by molar-refractivity contribution is 0.0697. The van der Waals surface area contributed by atoms with E-state index in [9.17, 15) is 9.18 Å². The van der Waals surface area contributed by atoms with Gasteiger partial charge in [-0.1, -0.05) is 12.1 Å². The summed E-state index contributed by atoms with van der Waals surface area (Å²) in [5.41, 5.74) is 4.40. The molecule has 0 heterocycles. The van der Waals surface area contributed by atoms with Gasteiger partial charge in [0.25, 0.3) is 0 Å². The van der Waals surface area contributed by atoms with Gasteiger partial charge in [-0.25, -0.2) is 9.18 Å². The van der Waals surface area contributed by atoms with E-state index in [-0.39, 0.29) is 11.4 Å². The summed E-state index contributed by atoms with van der Waals surface area (Å²) in [6.45, 7) is 0. The standard InChI is InChI=1S/C14H11FN2O2/c15-12-5-1-10(2-6-12)9-16-17-13-7-3-11(4-8-13)14(18)19/h1-9,17H,(H,18,19)/b16-9+. The lowest BCUT2D eigenvalue weighted by atomic mass is 10.2. The van der Waals surface area contributed by atoms with Crippen LogP contribution in [0.2, 0.25) is 0 Å². The van der Waals surface area contributed by atoms with Crippen molar-refractivity contribution in [1.82, 2.24) is 0 Å². The number of aromatic carboxylic acids is 1. The number of benzene rings is 2. The Morgan fingerprint density at radius 2 is 1.74 bits per heavy atom. The highest BCUT2D eigenvalue weighted by Crippen LogP contribution is 2.09. The van der Waals surface area contributed by atoms with Crippen LogP contribution in [0.5, 0.6) is 0 Å². The van der Waals surface area contributed by atoms with Gasteiger partial charge >= 0.3 is 5.97 Å². The zero-order valence-electron chi connectivity index (χ0n) is 9.88. The number of carboxylic acids is 1. The number of hydrogen-bond acceptors (Lipinski definition) is 3. The molecule has 0 saturated heterocycles. The van der Waals surface area contributed by atoms with Crippen LogP contribution in [0.1, 0.15) is 15.9 Å².